The van der Waals surface area contributed by atoms with E-state index in [0.29, 0.717) is 40.7 Å². The second-order valence-electron chi connectivity index (χ2n) is 8.13. The molecule has 188 valence electrons. The zero-order valence-corrected chi connectivity index (χ0v) is 19.6. The zero-order chi connectivity index (χ0) is 25.9. The van der Waals surface area contributed by atoms with Gasteiger partial charge in [0.2, 0.25) is 11.8 Å². The van der Waals surface area contributed by atoms with E-state index in [0.717, 1.165) is 24.8 Å². The predicted molar refractivity (Wildman–Crippen MR) is 124 cm³/mol. The fraction of sp³-hybridized carbons (Fsp3) is 0.320. The summed E-state index contributed by atoms with van der Waals surface area (Å²) in [5.74, 6) is 0.553. The molecule has 36 heavy (non-hydrogen) atoms. The van der Waals surface area contributed by atoms with Crippen LogP contribution in [0.3, 0.4) is 0 Å². The fourth-order valence-corrected chi connectivity index (χ4v) is 3.59. The van der Waals surface area contributed by atoms with Crippen molar-refractivity contribution in [1.29, 1.82) is 0 Å². The Bertz CT molecular complexity index is 1310. The molecule has 0 N–H and O–H groups in total. The summed E-state index contributed by atoms with van der Waals surface area (Å²) in [6, 6.07) is 4.41. The first-order valence-electron chi connectivity index (χ1n) is 11.2. The molecule has 1 saturated carbocycles. The first kappa shape index (κ1) is 25.2. The largest absolute Gasteiger partial charge is 0.480 e. The Hall–Kier alpha value is -3.89. The number of rotatable bonds is 9. The van der Waals surface area contributed by atoms with E-state index >= 15 is 0 Å². The number of hydrogen-bond acceptors (Lipinski definition) is 7. The lowest BCUT2D eigenvalue weighted by molar-refractivity contribution is -0.0918. The van der Waals surface area contributed by atoms with E-state index in [9.17, 15) is 17.6 Å². The zero-order valence-electron chi connectivity index (χ0n) is 19.6. The summed E-state index contributed by atoms with van der Waals surface area (Å²) in [7, 11) is 1.51. The van der Waals surface area contributed by atoms with Gasteiger partial charge in [0, 0.05) is 30.0 Å². The minimum Gasteiger partial charge on any atom is -0.480 e. The highest BCUT2D eigenvalue weighted by atomic mass is 19.4. The molecule has 1 fully saturated rings. The van der Waals surface area contributed by atoms with Crippen molar-refractivity contribution in [2.75, 3.05) is 7.11 Å². The fourth-order valence-electron chi connectivity index (χ4n) is 3.59. The summed E-state index contributed by atoms with van der Waals surface area (Å²) in [4.78, 5) is 20.6. The van der Waals surface area contributed by atoms with Crippen LogP contribution in [0.15, 0.2) is 48.0 Å². The molecule has 1 aliphatic carbocycles. The van der Waals surface area contributed by atoms with E-state index < -0.39 is 17.7 Å². The number of allylic oxidation sites excluding steroid dienone is 1. The van der Waals surface area contributed by atoms with Crippen molar-refractivity contribution in [3.63, 3.8) is 0 Å². The number of halogens is 4. The van der Waals surface area contributed by atoms with Gasteiger partial charge in [0.1, 0.15) is 30.0 Å². The van der Waals surface area contributed by atoms with Gasteiger partial charge in [-0.15, -0.1) is 0 Å². The quantitative estimate of drug-likeness (QED) is 0.281. The molecule has 0 spiro atoms. The highest BCUT2D eigenvalue weighted by Gasteiger charge is 2.32. The summed E-state index contributed by atoms with van der Waals surface area (Å²) in [5, 5.41) is 0. The average molecular weight is 501 g/mol. The van der Waals surface area contributed by atoms with Crippen LogP contribution in [0.2, 0.25) is 0 Å². The van der Waals surface area contributed by atoms with Crippen LogP contribution in [0, 0.1) is 5.82 Å². The van der Waals surface area contributed by atoms with Crippen LogP contribution < -0.4 is 9.47 Å². The van der Waals surface area contributed by atoms with Gasteiger partial charge in [-0.05, 0) is 36.5 Å². The number of aryl methyl sites for hydroxylation is 1. The number of benzene rings is 1. The van der Waals surface area contributed by atoms with E-state index in [1.54, 1.807) is 19.1 Å². The third-order valence-electron chi connectivity index (χ3n) is 5.57. The molecule has 11 heteroatoms. The van der Waals surface area contributed by atoms with Gasteiger partial charge in [-0.25, -0.2) is 19.3 Å². The van der Waals surface area contributed by atoms with Gasteiger partial charge in [-0.1, -0.05) is 19.6 Å². The molecule has 2 heterocycles. The Morgan fingerprint density at radius 1 is 1.22 bits per heavy atom. The Morgan fingerprint density at radius 2 is 2.00 bits per heavy atom. The summed E-state index contributed by atoms with van der Waals surface area (Å²) >= 11 is 0. The number of methoxy groups -OCH3 is 1. The van der Waals surface area contributed by atoms with E-state index in [2.05, 4.69) is 31.5 Å². The van der Waals surface area contributed by atoms with Crippen molar-refractivity contribution in [1.82, 2.24) is 19.9 Å². The second-order valence-corrected chi connectivity index (χ2v) is 8.13. The highest BCUT2D eigenvalue weighted by Crippen LogP contribution is 2.44. The molecule has 1 aliphatic rings. The number of ether oxygens (including phenoxy) is 2. The van der Waals surface area contributed by atoms with Gasteiger partial charge in [-0.2, -0.15) is 18.2 Å². The van der Waals surface area contributed by atoms with Gasteiger partial charge < -0.3 is 9.47 Å². The molecule has 7 nitrogen and oxygen atoms in total. The molecule has 1 aromatic carbocycles. The average Bonchev–Trinajstić information content (AvgIpc) is 3.71. The number of alkyl halides is 3. The van der Waals surface area contributed by atoms with E-state index in [1.807, 2.05) is 0 Å². The van der Waals surface area contributed by atoms with Crippen molar-refractivity contribution >= 4 is 6.21 Å². The third kappa shape index (κ3) is 5.67. The van der Waals surface area contributed by atoms with Crippen molar-refractivity contribution in [3.8, 4) is 23.1 Å². The lowest BCUT2D eigenvalue weighted by Gasteiger charge is -2.13. The van der Waals surface area contributed by atoms with Gasteiger partial charge in [0.25, 0.3) is 0 Å². The number of nitrogens with zero attached hydrogens (tertiary/aromatic N) is 5. The summed E-state index contributed by atoms with van der Waals surface area (Å²) in [6.07, 6.45) is 1.55. The third-order valence-corrected chi connectivity index (χ3v) is 5.57. The first-order chi connectivity index (χ1) is 17.2. The normalized spacial score (nSPS) is 13.7. The Morgan fingerprint density at radius 3 is 2.67 bits per heavy atom. The molecule has 3 aromatic rings. The molecule has 0 amide bonds. The molecule has 2 aromatic heterocycles. The van der Waals surface area contributed by atoms with Crippen LogP contribution in [0.4, 0.5) is 17.6 Å². The molecule has 0 unspecified atom stereocenters. The Balaban J connectivity index is 1.55. The minimum absolute atomic E-state index is 0.0229. The van der Waals surface area contributed by atoms with Crippen LogP contribution in [0.5, 0.6) is 11.8 Å². The molecule has 0 bridgehead atoms. The van der Waals surface area contributed by atoms with Crippen molar-refractivity contribution in [2.24, 2.45) is 4.99 Å². The van der Waals surface area contributed by atoms with E-state index in [-0.39, 0.29) is 18.1 Å². The van der Waals surface area contributed by atoms with Crippen LogP contribution in [-0.2, 0) is 13.0 Å². The monoisotopic (exact) mass is 501 g/mol. The van der Waals surface area contributed by atoms with Crippen LogP contribution in [-0.4, -0.2) is 39.4 Å². The summed E-state index contributed by atoms with van der Waals surface area (Å²) < 4.78 is 63.9. The topological polar surface area (TPSA) is 82.4 Å². The second kappa shape index (κ2) is 10.4. The van der Waals surface area contributed by atoms with E-state index in [1.165, 1.54) is 25.7 Å². The smallest absolute Gasteiger partial charge is 0.432 e. The van der Waals surface area contributed by atoms with Crippen LogP contribution in [0.25, 0.3) is 11.4 Å². The van der Waals surface area contributed by atoms with Crippen molar-refractivity contribution in [3.05, 3.63) is 71.2 Å². The lowest BCUT2D eigenvalue weighted by Crippen LogP contribution is -2.09. The van der Waals surface area contributed by atoms with Gasteiger partial charge >= 0.3 is 6.18 Å². The first-order valence-corrected chi connectivity index (χ1v) is 11.2. The maximum atomic E-state index is 14.8. The van der Waals surface area contributed by atoms with Crippen LogP contribution >= 0.6 is 0 Å². The number of aliphatic imine (C=N–C) groups is 1. The predicted octanol–water partition coefficient (Wildman–Crippen LogP) is 5.60. The lowest BCUT2D eigenvalue weighted by atomic mass is 10.0. The molecular weight excluding hydrogens is 478 g/mol. The highest BCUT2D eigenvalue weighted by molar-refractivity contribution is 5.83. The molecule has 0 aliphatic heterocycles. The summed E-state index contributed by atoms with van der Waals surface area (Å²) in [5.41, 5.74) is 1.06. The molecule has 4 rings (SSSR count). The molecule has 0 radical (unpaired) electrons. The van der Waals surface area contributed by atoms with Crippen molar-refractivity contribution < 1.29 is 27.0 Å². The maximum absolute atomic E-state index is 14.8. The maximum Gasteiger partial charge on any atom is 0.432 e. The van der Waals surface area contributed by atoms with E-state index in [4.69, 9.17) is 9.47 Å². The molecule has 0 atom stereocenters. The Kier molecular flexibility index (Phi) is 7.27. The molecule has 0 saturated heterocycles. The van der Waals surface area contributed by atoms with Crippen molar-refractivity contribution in [2.45, 2.75) is 44.9 Å². The minimum atomic E-state index is -4.68. The SMILES string of the molecule is C=C(N=Cc1c(F)cc(COc2ccnc(-c3c(OC)ncnc3C3CC3)n2)cc1CC)C(F)(F)F. The van der Waals surface area contributed by atoms with Gasteiger partial charge in [0.05, 0.1) is 12.8 Å². The number of aromatic nitrogens is 4. The number of hydrogen-bond donors (Lipinski definition) is 0. The van der Waals surface area contributed by atoms with Gasteiger partial charge in [-0.3, -0.25) is 4.99 Å². The standard InChI is InChI=1S/C25H23F4N5O2/c1-4-16-9-15(10-19(26)18(16)11-31-14(2)25(27,28)29)12-36-20-7-8-30-23(34-20)21-22(17-5-6-17)32-13-33-24(21)35-3/h7-11,13,17H,2,4-6,12H2,1,3H3. The van der Waals surface area contributed by atoms with Crippen LogP contribution in [0.1, 0.15) is 48.1 Å². The molecular formula is C25H23F4N5O2. The summed E-state index contributed by atoms with van der Waals surface area (Å²) in [6.45, 7) is 4.61. The van der Waals surface area contributed by atoms with Gasteiger partial charge in [0.15, 0.2) is 5.82 Å². The Labute approximate surface area is 205 Å².